The van der Waals surface area contributed by atoms with Gasteiger partial charge in [-0.05, 0) is 46.3 Å². The van der Waals surface area contributed by atoms with Crippen LogP contribution in [-0.4, -0.2) is 11.1 Å². The summed E-state index contributed by atoms with van der Waals surface area (Å²) in [4.78, 5) is 11.7. The molecule has 0 amide bonds. The molecule has 0 aliphatic heterocycles. The maximum absolute atomic E-state index is 10.6. The monoisotopic (exact) mass is 372 g/mol. The molecule has 0 radical (unpaired) electrons. The van der Waals surface area contributed by atoms with Crippen LogP contribution in [0.2, 0.25) is 5.02 Å². The summed E-state index contributed by atoms with van der Waals surface area (Å²) in [6.07, 6.45) is 2.52. The molecule has 0 atom stereocenters. The second-order valence-corrected chi connectivity index (χ2v) is 6.22. The minimum Gasteiger partial charge on any atom is -0.487 e. The van der Waals surface area contributed by atoms with Gasteiger partial charge in [0.2, 0.25) is 0 Å². The number of rotatable bonds is 5. The lowest BCUT2D eigenvalue weighted by atomic mass is 10.2. The van der Waals surface area contributed by atoms with Gasteiger partial charge in [0.05, 0.1) is 0 Å². The number of carboxylic acid groups (broad SMARTS) is 1. The SMILES string of the molecule is O=C(O)C=Cc1cc(Cl)ccc1OCc1cc(Br)cs1. The van der Waals surface area contributed by atoms with Gasteiger partial charge in [0, 0.05) is 31.4 Å². The Morgan fingerprint density at radius 3 is 2.90 bits per heavy atom. The van der Waals surface area contributed by atoms with Crippen molar-refractivity contribution < 1.29 is 14.6 Å². The summed E-state index contributed by atoms with van der Waals surface area (Å²) in [5, 5.41) is 11.2. The molecule has 0 aliphatic carbocycles. The Labute approximate surface area is 133 Å². The zero-order chi connectivity index (χ0) is 14.5. The van der Waals surface area contributed by atoms with E-state index in [4.69, 9.17) is 21.4 Å². The third kappa shape index (κ3) is 4.37. The summed E-state index contributed by atoms with van der Waals surface area (Å²) in [6.45, 7) is 0.422. The van der Waals surface area contributed by atoms with E-state index in [1.165, 1.54) is 6.08 Å². The van der Waals surface area contributed by atoms with Crippen LogP contribution < -0.4 is 4.74 Å². The molecule has 6 heteroatoms. The molecule has 0 fully saturated rings. The fraction of sp³-hybridized carbons (Fsp3) is 0.0714. The summed E-state index contributed by atoms with van der Waals surface area (Å²) in [5.74, 6) is -0.422. The van der Waals surface area contributed by atoms with Crippen molar-refractivity contribution in [2.24, 2.45) is 0 Å². The molecule has 0 spiro atoms. The van der Waals surface area contributed by atoms with Gasteiger partial charge in [-0.25, -0.2) is 4.79 Å². The predicted molar refractivity (Wildman–Crippen MR) is 84.5 cm³/mol. The van der Waals surface area contributed by atoms with Crippen LogP contribution in [-0.2, 0) is 11.4 Å². The number of carboxylic acids is 1. The average molecular weight is 374 g/mol. The van der Waals surface area contributed by atoms with Gasteiger partial charge in [0.15, 0.2) is 0 Å². The van der Waals surface area contributed by atoms with E-state index in [2.05, 4.69) is 15.9 Å². The Morgan fingerprint density at radius 2 is 2.25 bits per heavy atom. The number of benzene rings is 1. The topological polar surface area (TPSA) is 46.5 Å². The lowest BCUT2D eigenvalue weighted by Gasteiger charge is -2.08. The van der Waals surface area contributed by atoms with Crippen LogP contribution in [0.4, 0.5) is 0 Å². The third-order valence-corrected chi connectivity index (χ3v) is 4.28. The molecule has 1 heterocycles. The first kappa shape index (κ1) is 15.1. The van der Waals surface area contributed by atoms with E-state index in [9.17, 15) is 4.79 Å². The molecule has 104 valence electrons. The number of hydrogen-bond acceptors (Lipinski definition) is 3. The molecule has 0 unspecified atom stereocenters. The maximum atomic E-state index is 10.6. The molecule has 20 heavy (non-hydrogen) atoms. The van der Waals surface area contributed by atoms with Crippen molar-refractivity contribution in [1.82, 2.24) is 0 Å². The van der Waals surface area contributed by atoms with Crippen molar-refractivity contribution in [2.45, 2.75) is 6.61 Å². The Bertz CT molecular complexity index is 652. The molecule has 1 aromatic heterocycles. The normalized spacial score (nSPS) is 10.9. The minimum absolute atomic E-state index is 0.422. The number of hydrogen-bond donors (Lipinski definition) is 1. The summed E-state index contributed by atoms with van der Waals surface area (Å²) in [6, 6.07) is 7.08. The van der Waals surface area contributed by atoms with Crippen LogP contribution in [0.25, 0.3) is 6.08 Å². The molecule has 1 aromatic carbocycles. The zero-order valence-corrected chi connectivity index (χ0v) is 13.3. The first-order valence-electron chi connectivity index (χ1n) is 5.61. The fourth-order valence-electron chi connectivity index (χ4n) is 1.52. The minimum atomic E-state index is -1.02. The number of aliphatic carboxylic acids is 1. The first-order chi connectivity index (χ1) is 9.54. The molecule has 1 N–H and O–H groups in total. The smallest absolute Gasteiger partial charge is 0.328 e. The Balaban J connectivity index is 2.15. The fourth-order valence-corrected chi connectivity index (χ4v) is 3.06. The van der Waals surface area contributed by atoms with Crippen LogP contribution in [0.5, 0.6) is 5.75 Å². The highest BCUT2D eigenvalue weighted by atomic mass is 79.9. The highest BCUT2D eigenvalue weighted by Crippen LogP contribution is 2.27. The summed E-state index contributed by atoms with van der Waals surface area (Å²) >= 11 is 10.9. The van der Waals surface area contributed by atoms with Crippen molar-refractivity contribution in [1.29, 1.82) is 0 Å². The van der Waals surface area contributed by atoms with Crippen LogP contribution in [0.15, 0.2) is 40.2 Å². The van der Waals surface area contributed by atoms with E-state index in [1.807, 2.05) is 11.4 Å². The van der Waals surface area contributed by atoms with Gasteiger partial charge >= 0.3 is 5.97 Å². The summed E-state index contributed by atoms with van der Waals surface area (Å²) in [5.41, 5.74) is 0.635. The Morgan fingerprint density at radius 1 is 1.45 bits per heavy atom. The van der Waals surface area contributed by atoms with Crippen LogP contribution >= 0.6 is 38.9 Å². The van der Waals surface area contributed by atoms with Gasteiger partial charge < -0.3 is 9.84 Å². The quantitative estimate of drug-likeness (QED) is 0.763. The maximum Gasteiger partial charge on any atom is 0.328 e. The van der Waals surface area contributed by atoms with Crippen molar-refractivity contribution in [3.8, 4) is 5.75 Å². The van der Waals surface area contributed by atoms with E-state index in [1.54, 1.807) is 29.5 Å². The van der Waals surface area contributed by atoms with Gasteiger partial charge in [-0.3, -0.25) is 0 Å². The lowest BCUT2D eigenvalue weighted by molar-refractivity contribution is -0.131. The zero-order valence-electron chi connectivity index (χ0n) is 10.2. The van der Waals surface area contributed by atoms with Gasteiger partial charge in [0.25, 0.3) is 0 Å². The van der Waals surface area contributed by atoms with Crippen molar-refractivity contribution in [2.75, 3.05) is 0 Å². The van der Waals surface area contributed by atoms with Crippen LogP contribution in [0.1, 0.15) is 10.4 Å². The number of carbonyl (C=O) groups is 1. The molecule has 0 saturated carbocycles. The number of halogens is 2. The standard InChI is InChI=1S/C14H10BrClO3S/c15-10-6-12(20-8-10)7-19-13-3-2-11(16)5-9(13)1-4-14(17)18/h1-6,8H,7H2,(H,17,18). The van der Waals surface area contributed by atoms with Crippen LogP contribution in [0, 0.1) is 0 Å². The number of thiophene rings is 1. The molecule has 0 aliphatic rings. The number of ether oxygens (including phenoxy) is 1. The van der Waals surface area contributed by atoms with Gasteiger partial charge in [-0.15, -0.1) is 11.3 Å². The second kappa shape index (κ2) is 6.92. The third-order valence-electron chi connectivity index (χ3n) is 2.37. The van der Waals surface area contributed by atoms with E-state index in [0.29, 0.717) is 22.9 Å². The molecular weight excluding hydrogens is 364 g/mol. The first-order valence-corrected chi connectivity index (χ1v) is 7.66. The molecular formula is C14H10BrClO3S. The molecule has 2 rings (SSSR count). The van der Waals surface area contributed by atoms with E-state index in [0.717, 1.165) is 15.4 Å². The lowest BCUT2D eigenvalue weighted by Crippen LogP contribution is -1.95. The Hall–Kier alpha value is -1.30. The molecule has 3 nitrogen and oxygen atoms in total. The van der Waals surface area contributed by atoms with Gasteiger partial charge in [-0.1, -0.05) is 11.6 Å². The summed E-state index contributed by atoms with van der Waals surface area (Å²) < 4.78 is 6.73. The van der Waals surface area contributed by atoms with Gasteiger partial charge in [0.1, 0.15) is 12.4 Å². The largest absolute Gasteiger partial charge is 0.487 e. The van der Waals surface area contributed by atoms with Crippen molar-refractivity contribution >= 4 is 50.9 Å². The van der Waals surface area contributed by atoms with E-state index in [-0.39, 0.29) is 0 Å². The summed E-state index contributed by atoms with van der Waals surface area (Å²) in [7, 11) is 0. The Kier molecular flexibility index (Phi) is 5.23. The van der Waals surface area contributed by atoms with Crippen LogP contribution in [0.3, 0.4) is 0 Å². The average Bonchev–Trinajstić information content (AvgIpc) is 2.81. The van der Waals surface area contributed by atoms with E-state index < -0.39 is 5.97 Å². The van der Waals surface area contributed by atoms with Gasteiger partial charge in [-0.2, -0.15) is 0 Å². The molecule has 2 aromatic rings. The predicted octanol–water partition coefficient (Wildman–Crippen LogP) is 4.84. The van der Waals surface area contributed by atoms with E-state index >= 15 is 0 Å². The van der Waals surface area contributed by atoms with Crippen molar-refractivity contribution in [3.63, 3.8) is 0 Å². The highest BCUT2D eigenvalue weighted by Gasteiger charge is 2.05. The highest BCUT2D eigenvalue weighted by molar-refractivity contribution is 9.10. The molecule has 0 saturated heterocycles. The molecule has 0 bridgehead atoms. The second-order valence-electron chi connectivity index (χ2n) is 3.87. The van der Waals surface area contributed by atoms with Crippen molar-refractivity contribution in [3.05, 3.63) is 55.7 Å².